The maximum absolute atomic E-state index is 12.8. The summed E-state index contributed by atoms with van der Waals surface area (Å²) in [4.78, 5) is 25.7. The zero-order chi connectivity index (χ0) is 27.8. The van der Waals surface area contributed by atoms with Gasteiger partial charge in [-0.15, -0.1) is 11.3 Å². The molecule has 4 heterocycles. The molecule has 8 nitrogen and oxygen atoms in total. The van der Waals surface area contributed by atoms with E-state index < -0.39 is 0 Å². The molecule has 0 aliphatic carbocycles. The van der Waals surface area contributed by atoms with E-state index in [1.165, 1.54) is 0 Å². The molecule has 3 aromatic heterocycles. The third-order valence-corrected chi connectivity index (χ3v) is 8.79. The molecular formula is C31H35N5O3S. The number of thiazole rings is 1. The minimum absolute atomic E-state index is 0.248. The summed E-state index contributed by atoms with van der Waals surface area (Å²) in [5.41, 5.74) is 6.38. The highest BCUT2D eigenvalue weighted by atomic mass is 32.1. The number of carbonyl (C=O) groups is 1. The Balaban J connectivity index is 1.29. The third-order valence-electron chi connectivity index (χ3n) is 7.92. The lowest BCUT2D eigenvalue weighted by Gasteiger charge is -2.32. The number of benzene rings is 2. The van der Waals surface area contributed by atoms with E-state index in [1.807, 2.05) is 23.1 Å². The van der Waals surface area contributed by atoms with Gasteiger partial charge >= 0.3 is 0 Å². The van der Waals surface area contributed by atoms with Gasteiger partial charge in [0.15, 0.2) is 0 Å². The predicted molar refractivity (Wildman–Crippen MR) is 161 cm³/mol. The molecule has 0 saturated carbocycles. The van der Waals surface area contributed by atoms with Gasteiger partial charge in [-0.1, -0.05) is 0 Å². The number of hydrogen-bond donors (Lipinski definition) is 1. The van der Waals surface area contributed by atoms with Crippen LogP contribution in [0, 0.1) is 6.92 Å². The second kappa shape index (κ2) is 11.0. The van der Waals surface area contributed by atoms with Crippen molar-refractivity contribution in [3.05, 3.63) is 53.7 Å². The maximum Gasteiger partial charge on any atom is 0.222 e. The summed E-state index contributed by atoms with van der Waals surface area (Å²) in [6.07, 6.45) is 3.51. The molecule has 1 N–H and O–H groups in total. The lowest BCUT2D eigenvalue weighted by Crippen LogP contribution is -2.47. The van der Waals surface area contributed by atoms with Crippen molar-refractivity contribution in [2.45, 2.75) is 26.3 Å². The minimum Gasteiger partial charge on any atom is -0.497 e. The summed E-state index contributed by atoms with van der Waals surface area (Å²) in [7, 11) is 5.49. The van der Waals surface area contributed by atoms with E-state index in [-0.39, 0.29) is 5.91 Å². The van der Waals surface area contributed by atoms with Gasteiger partial charge in [-0.2, -0.15) is 0 Å². The van der Waals surface area contributed by atoms with Crippen LogP contribution >= 0.6 is 11.3 Å². The number of hydrogen-bond acceptors (Lipinski definition) is 6. The highest BCUT2D eigenvalue weighted by molar-refractivity contribution is 7.13. The molecule has 0 radical (unpaired) electrons. The molecule has 6 rings (SSSR count). The molecule has 1 amide bonds. The summed E-state index contributed by atoms with van der Waals surface area (Å²) < 4.78 is 13.3. The quantitative estimate of drug-likeness (QED) is 0.261. The average molecular weight is 558 g/mol. The molecule has 2 aromatic carbocycles. The van der Waals surface area contributed by atoms with Gasteiger partial charge in [-0.05, 0) is 50.7 Å². The standard InChI is InChI=1S/C31H35N5O3S/c1-20-30(24-16-21(38-3)8-10-26(24)32-20)27-19-40-31(33-27)25-18-36(28-17-22(39-4)7-9-23(25)28)11-5-6-29(37)35-14-12-34(2)13-15-35/h7-10,16-19,32H,5-6,11-15H2,1-4H3. The number of ether oxygens (including phenoxy) is 2. The molecule has 1 fully saturated rings. The number of nitrogens with zero attached hydrogens (tertiary/aromatic N) is 4. The molecule has 1 saturated heterocycles. The van der Waals surface area contributed by atoms with Crippen LogP contribution < -0.4 is 9.47 Å². The number of amides is 1. The number of fused-ring (bicyclic) bond motifs is 2. The Bertz CT molecular complexity index is 1680. The van der Waals surface area contributed by atoms with Crippen LogP contribution in [0.1, 0.15) is 18.5 Å². The molecule has 1 aliphatic heterocycles. The lowest BCUT2D eigenvalue weighted by molar-refractivity contribution is -0.132. The summed E-state index contributed by atoms with van der Waals surface area (Å²) in [6, 6.07) is 12.3. The Labute approximate surface area is 238 Å². The van der Waals surface area contributed by atoms with Crippen LogP contribution in [0.15, 0.2) is 48.0 Å². The van der Waals surface area contributed by atoms with Crippen LogP contribution in [-0.4, -0.2) is 77.7 Å². The second-order valence-electron chi connectivity index (χ2n) is 10.5. The van der Waals surface area contributed by atoms with Gasteiger partial charge in [0.25, 0.3) is 0 Å². The number of piperazine rings is 1. The number of methoxy groups -OCH3 is 2. The van der Waals surface area contributed by atoms with E-state index in [9.17, 15) is 4.79 Å². The summed E-state index contributed by atoms with van der Waals surface area (Å²) >= 11 is 1.65. The van der Waals surface area contributed by atoms with Crippen molar-refractivity contribution in [1.82, 2.24) is 24.3 Å². The van der Waals surface area contributed by atoms with Gasteiger partial charge in [-0.3, -0.25) is 4.79 Å². The van der Waals surface area contributed by atoms with Crippen LogP contribution in [-0.2, 0) is 11.3 Å². The number of nitrogens with one attached hydrogen (secondary N) is 1. The number of likely N-dealkylation sites (N-methyl/N-ethyl adjacent to an activating group) is 1. The van der Waals surface area contributed by atoms with Crippen molar-refractivity contribution < 1.29 is 14.3 Å². The molecule has 208 valence electrons. The van der Waals surface area contributed by atoms with Gasteiger partial charge < -0.3 is 28.8 Å². The van der Waals surface area contributed by atoms with Crippen molar-refractivity contribution in [3.8, 4) is 33.3 Å². The first-order chi connectivity index (χ1) is 19.4. The number of H-pyrrole nitrogens is 1. The zero-order valence-electron chi connectivity index (χ0n) is 23.5. The monoisotopic (exact) mass is 557 g/mol. The topological polar surface area (TPSA) is 75.6 Å². The molecule has 0 unspecified atom stereocenters. The van der Waals surface area contributed by atoms with Gasteiger partial charge in [0, 0.05) is 89.9 Å². The number of aryl methyl sites for hydroxylation is 2. The Kier molecular flexibility index (Phi) is 7.25. The Morgan fingerprint density at radius 3 is 2.55 bits per heavy atom. The summed E-state index contributed by atoms with van der Waals surface area (Å²) in [5.74, 6) is 1.89. The van der Waals surface area contributed by atoms with Crippen LogP contribution in [0.25, 0.3) is 43.6 Å². The molecule has 0 bridgehead atoms. The van der Waals surface area contributed by atoms with Gasteiger partial charge in [0.1, 0.15) is 16.5 Å². The van der Waals surface area contributed by atoms with Crippen molar-refractivity contribution in [3.63, 3.8) is 0 Å². The van der Waals surface area contributed by atoms with E-state index in [2.05, 4.69) is 58.2 Å². The number of aromatic amines is 1. The Morgan fingerprint density at radius 2 is 1.77 bits per heavy atom. The molecule has 0 spiro atoms. The molecular weight excluding hydrogens is 522 g/mol. The summed E-state index contributed by atoms with van der Waals surface area (Å²) in [5, 5.41) is 5.33. The van der Waals surface area contributed by atoms with Crippen molar-refractivity contribution in [2.75, 3.05) is 47.4 Å². The first-order valence-corrected chi connectivity index (χ1v) is 14.6. The van der Waals surface area contributed by atoms with Crippen molar-refractivity contribution in [1.29, 1.82) is 0 Å². The van der Waals surface area contributed by atoms with E-state index in [0.29, 0.717) is 6.42 Å². The molecule has 9 heteroatoms. The lowest BCUT2D eigenvalue weighted by atomic mass is 10.1. The third kappa shape index (κ3) is 4.95. The fourth-order valence-electron chi connectivity index (χ4n) is 5.64. The van der Waals surface area contributed by atoms with Crippen LogP contribution in [0.3, 0.4) is 0 Å². The highest BCUT2D eigenvalue weighted by Gasteiger charge is 2.20. The normalized spacial score (nSPS) is 14.3. The van der Waals surface area contributed by atoms with Crippen molar-refractivity contribution >= 4 is 39.0 Å². The zero-order valence-corrected chi connectivity index (χ0v) is 24.3. The second-order valence-corrected chi connectivity index (χ2v) is 11.3. The Hall–Kier alpha value is -3.82. The first-order valence-electron chi connectivity index (χ1n) is 13.7. The Morgan fingerprint density at radius 1 is 1.02 bits per heavy atom. The fourth-order valence-corrected chi connectivity index (χ4v) is 6.48. The minimum atomic E-state index is 0.248. The average Bonchev–Trinajstić information content (AvgIpc) is 3.67. The molecule has 0 atom stereocenters. The van der Waals surface area contributed by atoms with Gasteiger partial charge in [-0.25, -0.2) is 4.98 Å². The SMILES string of the molecule is COc1ccc2[nH]c(C)c(-c3csc(-c4cn(CCCC(=O)N5CCN(C)CC5)c5cc(OC)ccc45)n3)c2c1. The van der Waals surface area contributed by atoms with Gasteiger partial charge in [0.2, 0.25) is 5.91 Å². The first kappa shape index (κ1) is 26.4. The number of carbonyl (C=O) groups excluding carboxylic acids is 1. The highest BCUT2D eigenvalue weighted by Crippen LogP contribution is 2.39. The molecule has 5 aromatic rings. The van der Waals surface area contributed by atoms with E-state index >= 15 is 0 Å². The predicted octanol–water partition coefficient (Wildman–Crippen LogP) is 5.79. The van der Waals surface area contributed by atoms with E-state index in [1.54, 1.807) is 25.6 Å². The van der Waals surface area contributed by atoms with Gasteiger partial charge in [0.05, 0.1) is 25.4 Å². The largest absolute Gasteiger partial charge is 0.497 e. The molecule has 1 aliphatic rings. The van der Waals surface area contributed by atoms with E-state index in [4.69, 9.17) is 14.5 Å². The van der Waals surface area contributed by atoms with Crippen LogP contribution in [0.4, 0.5) is 0 Å². The van der Waals surface area contributed by atoms with Crippen LogP contribution in [0.5, 0.6) is 11.5 Å². The summed E-state index contributed by atoms with van der Waals surface area (Å²) in [6.45, 7) is 6.36. The fraction of sp³-hybridized carbons (Fsp3) is 0.355. The maximum atomic E-state index is 12.8. The number of aromatic nitrogens is 3. The van der Waals surface area contributed by atoms with E-state index in [0.717, 1.165) is 100.0 Å². The smallest absolute Gasteiger partial charge is 0.222 e. The molecule has 40 heavy (non-hydrogen) atoms. The van der Waals surface area contributed by atoms with Crippen LogP contribution in [0.2, 0.25) is 0 Å². The van der Waals surface area contributed by atoms with Crippen molar-refractivity contribution in [2.24, 2.45) is 0 Å². The number of rotatable bonds is 8.